The number of aliphatic hydroxyl groups is 1. The van der Waals surface area contributed by atoms with Gasteiger partial charge in [0.1, 0.15) is 6.04 Å². The predicted octanol–water partition coefficient (Wildman–Crippen LogP) is 4.37. The number of aliphatic hydroxyl groups excluding tert-OH is 1. The number of hydrogen-bond acceptors (Lipinski definition) is 5. The van der Waals surface area contributed by atoms with Crippen LogP contribution in [0.1, 0.15) is 53.0 Å². The number of rotatable bonds is 13. The molecule has 0 radical (unpaired) electrons. The van der Waals surface area contributed by atoms with E-state index in [2.05, 4.69) is 20.1 Å². The Labute approximate surface area is 250 Å². The zero-order chi connectivity index (χ0) is 30.1. The van der Waals surface area contributed by atoms with E-state index < -0.39 is 28.7 Å². The molecular weight excluding hydrogens is 534 g/mol. The fourth-order valence-electron chi connectivity index (χ4n) is 7.45. The summed E-state index contributed by atoms with van der Waals surface area (Å²) in [5, 5.41) is 10.6. The maximum absolute atomic E-state index is 14.7. The Morgan fingerprint density at radius 2 is 1.80 bits per heavy atom. The molecule has 4 rings (SSSR count). The zero-order valence-corrected chi connectivity index (χ0v) is 26.1. The monoisotopic (exact) mass is 581 g/mol. The van der Waals surface area contributed by atoms with Gasteiger partial charge >= 0.3 is 0 Å². The molecule has 7 nitrogen and oxygen atoms in total. The molecule has 8 heteroatoms. The number of nitrogens with zero attached hydrogens (tertiary/aromatic N) is 3. The zero-order valence-electron chi connectivity index (χ0n) is 25.2. The van der Waals surface area contributed by atoms with E-state index in [1.54, 1.807) is 38.6 Å². The van der Waals surface area contributed by atoms with Crippen LogP contribution in [0.5, 0.6) is 0 Å². The molecule has 41 heavy (non-hydrogen) atoms. The van der Waals surface area contributed by atoms with Gasteiger partial charge in [-0.1, -0.05) is 69.7 Å². The summed E-state index contributed by atoms with van der Waals surface area (Å²) in [5.74, 6) is -1.44. The summed E-state index contributed by atoms with van der Waals surface area (Å²) in [5.41, 5.74) is 1.02. The first-order valence-corrected chi connectivity index (χ1v) is 15.9. The molecule has 3 saturated heterocycles. The van der Waals surface area contributed by atoms with Crippen molar-refractivity contribution in [3.05, 3.63) is 61.2 Å². The average Bonchev–Trinajstić information content (AvgIpc) is 3.55. The van der Waals surface area contributed by atoms with Crippen molar-refractivity contribution in [3.8, 4) is 0 Å². The molecule has 1 spiro atoms. The van der Waals surface area contributed by atoms with Gasteiger partial charge in [0.15, 0.2) is 0 Å². The molecule has 1 N–H and O–H groups in total. The molecule has 3 aliphatic heterocycles. The van der Waals surface area contributed by atoms with Crippen molar-refractivity contribution in [1.29, 1.82) is 0 Å². The minimum absolute atomic E-state index is 0.0108. The third kappa shape index (κ3) is 5.27. The highest BCUT2D eigenvalue weighted by Crippen LogP contribution is 2.69. The molecule has 0 aliphatic carbocycles. The summed E-state index contributed by atoms with van der Waals surface area (Å²) in [7, 11) is 0. The maximum atomic E-state index is 14.7. The molecule has 3 heterocycles. The first-order chi connectivity index (χ1) is 19.6. The van der Waals surface area contributed by atoms with Gasteiger partial charge in [-0.2, -0.15) is 0 Å². The Morgan fingerprint density at radius 3 is 2.37 bits per heavy atom. The van der Waals surface area contributed by atoms with Crippen LogP contribution in [0.2, 0.25) is 0 Å². The smallest absolute Gasteiger partial charge is 0.247 e. The van der Waals surface area contributed by atoms with Gasteiger partial charge in [0.25, 0.3) is 0 Å². The van der Waals surface area contributed by atoms with Crippen LogP contribution in [0.3, 0.4) is 0 Å². The van der Waals surface area contributed by atoms with Crippen LogP contribution in [-0.2, 0) is 20.9 Å². The van der Waals surface area contributed by atoms with Gasteiger partial charge in [-0.25, -0.2) is 0 Å². The lowest BCUT2D eigenvalue weighted by Gasteiger charge is -2.43. The van der Waals surface area contributed by atoms with Crippen LogP contribution in [-0.4, -0.2) is 85.3 Å². The Morgan fingerprint density at radius 1 is 1.15 bits per heavy atom. The topological polar surface area (TPSA) is 81.2 Å². The normalized spacial score (nSPS) is 29.8. The first kappa shape index (κ1) is 31.4. The highest BCUT2D eigenvalue weighted by molar-refractivity contribution is 8.02. The number of fused-ring (bicyclic) bond motifs is 1. The van der Waals surface area contributed by atoms with Gasteiger partial charge in [-0.3, -0.25) is 14.4 Å². The highest BCUT2D eigenvalue weighted by atomic mass is 32.2. The van der Waals surface area contributed by atoms with E-state index >= 15 is 0 Å². The van der Waals surface area contributed by atoms with Crippen molar-refractivity contribution in [1.82, 2.24) is 14.7 Å². The second-order valence-corrected chi connectivity index (χ2v) is 13.8. The van der Waals surface area contributed by atoms with E-state index in [1.807, 2.05) is 58.0 Å². The Hall–Kier alpha value is -2.58. The molecule has 224 valence electrons. The van der Waals surface area contributed by atoms with Gasteiger partial charge in [0, 0.05) is 30.9 Å². The van der Waals surface area contributed by atoms with Gasteiger partial charge < -0.3 is 19.8 Å². The summed E-state index contributed by atoms with van der Waals surface area (Å²) in [6.45, 7) is 18.9. The first-order valence-electron chi connectivity index (χ1n) is 15.0. The molecule has 3 unspecified atom stereocenters. The number of carbonyl (C=O) groups is 3. The number of carbonyl (C=O) groups excluding carboxylic acids is 3. The maximum Gasteiger partial charge on any atom is 0.247 e. The van der Waals surface area contributed by atoms with Crippen LogP contribution in [0.25, 0.3) is 0 Å². The fraction of sp³-hybridized carbons (Fsp3) is 0.606. The second kappa shape index (κ2) is 12.7. The average molecular weight is 582 g/mol. The lowest BCUT2D eigenvalue weighted by atomic mass is 9.65. The van der Waals surface area contributed by atoms with Crippen molar-refractivity contribution in [2.24, 2.45) is 23.7 Å². The van der Waals surface area contributed by atoms with Crippen LogP contribution >= 0.6 is 11.8 Å². The minimum atomic E-state index is -0.752. The molecule has 3 amide bonds. The highest BCUT2D eigenvalue weighted by Gasteiger charge is 2.77. The number of thioether (sulfide) groups is 1. The van der Waals surface area contributed by atoms with Crippen LogP contribution < -0.4 is 0 Å². The Bertz CT molecular complexity index is 1140. The fourth-order valence-corrected chi connectivity index (χ4v) is 9.84. The van der Waals surface area contributed by atoms with E-state index in [0.29, 0.717) is 19.6 Å². The quantitative estimate of drug-likeness (QED) is 0.350. The van der Waals surface area contributed by atoms with Crippen LogP contribution in [0.15, 0.2) is 55.6 Å². The lowest BCUT2D eigenvalue weighted by Crippen LogP contribution is -2.61. The molecular formula is C33H47N3O4S. The van der Waals surface area contributed by atoms with E-state index in [1.165, 1.54) is 0 Å². The standard InChI is InChI=1S/C33H47N3O4S/c1-8-16-34(19-24-14-12-11-13-15-24)30(38)27-26-18-23(7)33(41-26)28(27)31(39)36(25(20-37)22(6)10-3)29(33)32(40)35(17-9-2)21(4)5/h8-9,11-15,21-23,25-29,37H,1-2,10,16-20H2,3-7H3/t22-,23?,25-,26-,27+,28-,29?,33?/m0/s1. The van der Waals surface area contributed by atoms with E-state index in [-0.39, 0.29) is 47.5 Å². The number of benzene rings is 1. The van der Waals surface area contributed by atoms with E-state index in [0.717, 1.165) is 18.4 Å². The van der Waals surface area contributed by atoms with Gasteiger partial charge in [0.05, 0.1) is 29.2 Å². The number of amides is 3. The number of likely N-dealkylation sites (tertiary alicyclic amines) is 1. The van der Waals surface area contributed by atoms with Crippen molar-refractivity contribution in [3.63, 3.8) is 0 Å². The van der Waals surface area contributed by atoms with E-state index in [4.69, 9.17) is 0 Å². The third-order valence-corrected chi connectivity index (χ3v) is 11.7. The van der Waals surface area contributed by atoms with Crippen LogP contribution in [0, 0.1) is 23.7 Å². The molecule has 2 bridgehead atoms. The molecule has 3 fully saturated rings. The van der Waals surface area contributed by atoms with Crippen molar-refractivity contribution in [2.75, 3.05) is 19.7 Å². The summed E-state index contributed by atoms with van der Waals surface area (Å²) in [6.07, 6.45) is 4.98. The summed E-state index contributed by atoms with van der Waals surface area (Å²) < 4.78 is -0.735. The third-order valence-electron chi connectivity index (χ3n) is 9.66. The van der Waals surface area contributed by atoms with Crippen molar-refractivity contribution in [2.45, 2.75) is 82.1 Å². The molecule has 1 aromatic rings. The minimum Gasteiger partial charge on any atom is -0.394 e. The molecule has 3 aliphatic rings. The number of hydrogen-bond donors (Lipinski definition) is 1. The summed E-state index contributed by atoms with van der Waals surface area (Å²) in [6, 6.07) is 8.51. The molecule has 0 aromatic heterocycles. The van der Waals surface area contributed by atoms with Gasteiger partial charge in [-0.15, -0.1) is 24.9 Å². The predicted molar refractivity (Wildman–Crippen MR) is 165 cm³/mol. The second-order valence-electron chi connectivity index (χ2n) is 12.3. The van der Waals surface area contributed by atoms with Gasteiger partial charge in [0.2, 0.25) is 17.7 Å². The molecule has 8 atom stereocenters. The van der Waals surface area contributed by atoms with Crippen molar-refractivity contribution >= 4 is 29.5 Å². The SMILES string of the molecule is C=CCN(Cc1ccccc1)C(=O)[C@@H]1[C@@H]2CC(C)C3(S2)C(C(=O)N(CC=C)C(C)C)N([C@@H](CO)[C@@H](C)CC)C(=O)[C@H]13. The summed E-state index contributed by atoms with van der Waals surface area (Å²) in [4.78, 5) is 49.0. The Kier molecular flexibility index (Phi) is 9.74. The molecule has 0 saturated carbocycles. The largest absolute Gasteiger partial charge is 0.394 e. The van der Waals surface area contributed by atoms with Crippen molar-refractivity contribution < 1.29 is 19.5 Å². The Balaban J connectivity index is 1.81. The van der Waals surface area contributed by atoms with Crippen LogP contribution in [0.4, 0.5) is 0 Å². The van der Waals surface area contributed by atoms with Gasteiger partial charge in [-0.05, 0) is 37.7 Å². The summed E-state index contributed by atoms with van der Waals surface area (Å²) >= 11 is 1.68. The lowest BCUT2D eigenvalue weighted by molar-refractivity contribution is -0.148. The van der Waals surface area contributed by atoms with E-state index in [9.17, 15) is 19.5 Å². The molecule has 1 aromatic carbocycles.